The highest BCUT2D eigenvalue weighted by Gasteiger charge is 2.22. The number of nitrogens with zero attached hydrogens (tertiary/aromatic N) is 3. The summed E-state index contributed by atoms with van der Waals surface area (Å²) in [6.07, 6.45) is 4.21. The van der Waals surface area contributed by atoms with E-state index in [2.05, 4.69) is 4.98 Å². The summed E-state index contributed by atoms with van der Waals surface area (Å²) in [5.41, 5.74) is 8.20. The van der Waals surface area contributed by atoms with Crippen molar-refractivity contribution in [1.82, 2.24) is 13.9 Å². The Bertz CT molecular complexity index is 1210. The first-order valence-corrected chi connectivity index (χ1v) is 10.7. The Morgan fingerprint density at radius 2 is 1.97 bits per heavy atom. The normalized spacial score (nSPS) is 12.0. The number of fused-ring (bicyclic) bond motifs is 1. The number of sulfonamides is 1. The molecule has 3 aromatic rings. The lowest BCUT2D eigenvalue weighted by molar-refractivity contribution is 0.520. The minimum Gasteiger partial charge on any atom is -0.336 e. The number of aromatic nitrogens is 2. The maximum atomic E-state index is 14.3. The molecule has 11 heteroatoms. The van der Waals surface area contributed by atoms with Gasteiger partial charge in [0.25, 0.3) is 0 Å². The number of hydrogen-bond donors (Lipinski definition) is 1. The summed E-state index contributed by atoms with van der Waals surface area (Å²) in [6.45, 7) is 1.92. The average Bonchev–Trinajstić information content (AvgIpc) is 2.94. The monoisotopic (exact) mass is 508 g/mol. The Balaban J connectivity index is 0.00000240. The third-order valence-corrected chi connectivity index (χ3v) is 6.81. The topological polar surface area (TPSA) is 81.2 Å². The zero-order chi connectivity index (χ0) is 21.3. The van der Waals surface area contributed by atoms with E-state index < -0.39 is 10.0 Å². The van der Waals surface area contributed by atoms with E-state index in [4.69, 9.17) is 17.3 Å². The van der Waals surface area contributed by atoms with Crippen molar-refractivity contribution >= 4 is 57.3 Å². The second-order valence-corrected chi connectivity index (χ2v) is 9.33. The van der Waals surface area contributed by atoms with Crippen LogP contribution in [-0.2, 0) is 16.6 Å². The van der Waals surface area contributed by atoms with Crippen molar-refractivity contribution in [2.24, 2.45) is 5.73 Å². The Hall–Kier alpha value is -1.68. The molecule has 31 heavy (non-hydrogen) atoms. The molecule has 0 saturated carbocycles. The standard InChI is InChI=1S/C20H22ClFN4O2S.2ClH/c1-13-19(14-9-16(11-24-10-14)29(27,28)25(2)3)17-5-4-6-18(21)20(17)26(13)12-15(22)7-8-23;;/h4-7,9-11H,8,12,23H2,1-3H3;2*1H. The highest BCUT2D eigenvalue weighted by molar-refractivity contribution is 7.89. The molecule has 170 valence electrons. The van der Waals surface area contributed by atoms with Gasteiger partial charge in [-0.2, -0.15) is 0 Å². The summed E-state index contributed by atoms with van der Waals surface area (Å²) in [5, 5.41) is 1.26. The molecule has 0 aliphatic carbocycles. The third kappa shape index (κ3) is 5.22. The summed E-state index contributed by atoms with van der Waals surface area (Å²) < 4.78 is 42.2. The predicted octanol–water partition coefficient (Wildman–Crippen LogP) is 4.57. The summed E-state index contributed by atoms with van der Waals surface area (Å²) in [6, 6.07) is 6.98. The summed E-state index contributed by atoms with van der Waals surface area (Å²) in [4.78, 5) is 4.21. The quantitative estimate of drug-likeness (QED) is 0.528. The number of rotatable bonds is 6. The van der Waals surface area contributed by atoms with E-state index in [1.54, 1.807) is 29.0 Å². The van der Waals surface area contributed by atoms with Gasteiger partial charge in [0.15, 0.2) is 0 Å². The Kier molecular flexibility index (Phi) is 9.50. The van der Waals surface area contributed by atoms with E-state index >= 15 is 0 Å². The molecule has 0 aliphatic heterocycles. The Labute approximate surface area is 198 Å². The number of halogens is 4. The number of benzene rings is 1. The van der Waals surface area contributed by atoms with E-state index in [0.717, 1.165) is 20.9 Å². The van der Waals surface area contributed by atoms with Crippen molar-refractivity contribution in [1.29, 1.82) is 0 Å². The fourth-order valence-corrected chi connectivity index (χ4v) is 4.47. The smallest absolute Gasteiger partial charge is 0.244 e. The van der Waals surface area contributed by atoms with Crippen molar-refractivity contribution in [3.8, 4) is 11.1 Å². The number of pyridine rings is 1. The Morgan fingerprint density at radius 3 is 2.58 bits per heavy atom. The molecule has 2 heterocycles. The fraction of sp³-hybridized carbons (Fsp3) is 0.250. The molecule has 0 spiro atoms. The molecule has 0 aliphatic rings. The first kappa shape index (κ1) is 27.4. The van der Waals surface area contributed by atoms with E-state index in [1.165, 1.54) is 26.4 Å². The van der Waals surface area contributed by atoms with E-state index in [0.29, 0.717) is 16.1 Å². The van der Waals surface area contributed by atoms with Gasteiger partial charge >= 0.3 is 0 Å². The second-order valence-electron chi connectivity index (χ2n) is 6.77. The maximum absolute atomic E-state index is 14.3. The fourth-order valence-electron chi connectivity index (χ4n) is 3.30. The van der Waals surface area contributed by atoms with Crippen LogP contribution in [0.1, 0.15) is 5.69 Å². The van der Waals surface area contributed by atoms with Gasteiger partial charge in [-0.15, -0.1) is 24.8 Å². The lowest BCUT2D eigenvalue weighted by atomic mass is 10.0. The van der Waals surface area contributed by atoms with Crippen molar-refractivity contribution < 1.29 is 12.8 Å². The second kappa shape index (κ2) is 10.8. The molecule has 6 nitrogen and oxygen atoms in total. The molecule has 0 atom stereocenters. The lowest BCUT2D eigenvalue weighted by Crippen LogP contribution is -2.22. The van der Waals surface area contributed by atoms with Crippen LogP contribution >= 0.6 is 36.4 Å². The minimum atomic E-state index is -3.65. The first-order chi connectivity index (χ1) is 13.7. The largest absolute Gasteiger partial charge is 0.336 e. The molecule has 2 aromatic heterocycles. The zero-order valence-corrected chi connectivity index (χ0v) is 20.4. The van der Waals surface area contributed by atoms with E-state index in [1.807, 2.05) is 13.0 Å². The highest BCUT2D eigenvalue weighted by atomic mass is 35.5. The number of para-hydroxylation sites is 1. The van der Waals surface area contributed by atoms with Crippen LogP contribution in [0.2, 0.25) is 5.02 Å². The van der Waals surface area contributed by atoms with Crippen LogP contribution in [0.3, 0.4) is 0 Å². The molecular formula is C20H24Cl3FN4O2S. The van der Waals surface area contributed by atoms with Crippen LogP contribution in [0.5, 0.6) is 0 Å². The third-order valence-electron chi connectivity index (χ3n) is 4.72. The minimum absolute atomic E-state index is 0. The van der Waals surface area contributed by atoms with Crippen LogP contribution in [0.25, 0.3) is 22.0 Å². The van der Waals surface area contributed by atoms with Crippen molar-refractivity contribution in [2.45, 2.75) is 18.4 Å². The van der Waals surface area contributed by atoms with Crippen LogP contribution in [0.15, 0.2) is 53.5 Å². The summed E-state index contributed by atoms with van der Waals surface area (Å²) in [5.74, 6) is -0.374. The average molecular weight is 510 g/mol. The summed E-state index contributed by atoms with van der Waals surface area (Å²) in [7, 11) is -0.719. The molecule has 0 amide bonds. The first-order valence-electron chi connectivity index (χ1n) is 8.88. The van der Waals surface area contributed by atoms with Gasteiger partial charge in [0, 0.05) is 55.2 Å². The molecule has 1 aromatic carbocycles. The molecule has 0 unspecified atom stereocenters. The van der Waals surface area contributed by atoms with Crippen molar-refractivity contribution in [3.05, 3.63) is 59.3 Å². The van der Waals surface area contributed by atoms with Gasteiger partial charge in [0.2, 0.25) is 10.0 Å². The van der Waals surface area contributed by atoms with Crippen LogP contribution < -0.4 is 5.73 Å². The van der Waals surface area contributed by atoms with E-state index in [9.17, 15) is 12.8 Å². The van der Waals surface area contributed by atoms with Gasteiger partial charge in [-0.1, -0.05) is 23.7 Å². The SMILES string of the molecule is Cc1c(-c2cncc(S(=O)(=O)N(C)C)c2)c2cccc(Cl)c2n1CC(F)=CCN.Cl.Cl. The van der Waals surface area contributed by atoms with Gasteiger partial charge in [-0.05, 0) is 25.1 Å². The number of hydrogen-bond acceptors (Lipinski definition) is 4. The zero-order valence-electron chi connectivity index (χ0n) is 17.2. The number of allylic oxidation sites excluding steroid dienone is 1. The number of nitrogens with two attached hydrogens (primary N) is 1. The van der Waals surface area contributed by atoms with Crippen molar-refractivity contribution in [3.63, 3.8) is 0 Å². The van der Waals surface area contributed by atoms with Gasteiger partial charge in [-0.25, -0.2) is 17.1 Å². The summed E-state index contributed by atoms with van der Waals surface area (Å²) >= 11 is 6.44. The highest BCUT2D eigenvalue weighted by Crippen LogP contribution is 2.38. The molecule has 2 N–H and O–H groups in total. The lowest BCUT2D eigenvalue weighted by Gasteiger charge is -2.12. The van der Waals surface area contributed by atoms with Crippen LogP contribution in [0.4, 0.5) is 4.39 Å². The maximum Gasteiger partial charge on any atom is 0.244 e. The molecule has 3 rings (SSSR count). The van der Waals surface area contributed by atoms with Crippen molar-refractivity contribution in [2.75, 3.05) is 20.6 Å². The van der Waals surface area contributed by atoms with Crippen LogP contribution in [0, 0.1) is 6.92 Å². The predicted molar refractivity (Wildman–Crippen MR) is 129 cm³/mol. The molecular weight excluding hydrogens is 486 g/mol. The van der Waals surface area contributed by atoms with Gasteiger partial charge < -0.3 is 10.3 Å². The molecule has 0 radical (unpaired) electrons. The van der Waals surface area contributed by atoms with Gasteiger partial charge in [-0.3, -0.25) is 4.98 Å². The molecule has 0 bridgehead atoms. The molecule has 0 fully saturated rings. The molecule has 0 saturated heterocycles. The Morgan fingerprint density at radius 1 is 1.29 bits per heavy atom. The van der Waals surface area contributed by atoms with E-state index in [-0.39, 0.29) is 48.6 Å². The van der Waals surface area contributed by atoms with Gasteiger partial charge in [0.05, 0.1) is 17.1 Å². The van der Waals surface area contributed by atoms with Gasteiger partial charge in [0.1, 0.15) is 10.7 Å². The van der Waals surface area contributed by atoms with Crippen LogP contribution in [-0.4, -0.2) is 42.9 Å².